The molecular weight excluding hydrogens is 293 g/mol. The van der Waals surface area contributed by atoms with Crippen LogP contribution in [0.2, 0.25) is 0 Å². The van der Waals surface area contributed by atoms with Gasteiger partial charge in [0.05, 0.1) is 24.3 Å². The molecular formula is C18H24FN3O. The zero-order valence-electron chi connectivity index (χ0n) is 13.7. The lowest BCUT2D eigenvalue weighted by Gasteiger charge is -2.31. The predicted octanol–water partition coefficient (Wildman–Crippen LogP) is 3.32. The Labute approximate surface area is 136 Å². The number of piperidine rings is 1. The Bertz CT molecular complexity index is 619. The van der Waals surface area contributed by atoms with E-state index in [1.807, 2.05) is 24.7 Å². The number of nitrogens with one attached hydrogen (secondary N) is 1. The maximum absolute atomic E-state index is 13.2. The van der Waals surface area contributed by atoms with Gasteiger partial charge in [-0.1, -0.05) is 12.1 Å². The van der Waals surface area contributed by atoms with Crippen molar-refractivity contribution >= 4 is 0 Å². The van der Waals surface area contributed by atoms with Crippen molar-refractivity contribution in [1.29, 1.82) is 0 Å². The van der Waals surface area contributed by atoms with Gasteiger partial charge in [-0.15, -0.1) is 0 Å². The third kappa shape index (κ3) is 3.46. The molecule has 1 aliphatic heterocycles. The van der Waals surface area contributed by atoms with Crippen LogP contribution in [0.4, 0.5) is 4.39 Å². The monoisotopic (exact) mass is 317 g/mol. The quantitative estimate of drug-likeness (QED) is 0.919. The lowest BCUT2D eigenvalue weighted by atomic mass is 9.90. The van der Waals surface area contributed by atoms with Crippen molar-refractivity contribution in [2.45, 2.75) is 31.9 Å². The van der Waals surface area contributed by atoms with Gasteiger partial charge in [-0.3, -0.25) is 0 Å². The highest BCUT2D eigenvalue weighted by Gasteiger charge is 2.28. The molecule has 1 unspecified atom stereocenters. The summed E-state index contributed by atoms with van der Waals surface area (Å²) >= 11 is 0. The van der Waals surface area contributed by atoms with Gasteiger partial charge in [0, 0.05) is 7.11 Å². The molecule has 124 valence electrons. The van der Waals surface area contributed by atoms with Gasteiger partial charge in [0.25, 0.3) is 0 Å². The van der Waals surface area contributed by atoms with E-state index in [1.165, 1.54) is 12.1 Å². The molecule has 2 atom stereocenters. The van der Waals surface area contributed by atoms with Crippen molar-refractivity contribution in [3.8, 4) is 0 Å². The number of ether oxygens (including phenoxy) is 1. The van der Waals surface area contributed by atoms with Gasteiger partial charge in [0.15, 0.2) is 0 Å². The van der Waals surface area contributed by atoms with Crippen LogP contribution in [0, 0.1) is 11.7 Å². The molecule has 2 aromatic rings. The first-order valence-corrected chi connectivity index (χ1v) is 8.21. The van der Waals surface area contributed by atoms with Gasteiger partial charge in [0.1, 0.15) is 11.9 Å². The molecule has 0 amide bonds. The fourth-order valence-corrected chi connectivity index (χ4v) is 3.46. The summed E-state index contributed by atoms with van der Waals surface area (Å²) < 4.78 is 21.1. The van der Waals surface area contributed by atoms with Crippen LogP contribution < -0.4 is 5.32 Å². The molecule has 0 saturated carbocycles. The Morgan fingerprint density at radius 3 is 2.61 bits per heavy atom. The van der Waals surface area contributed by atoms with Gasteiger partial charge in [-0.05, 0) is 56.5 Å². The molecule has 0 radical (unpaired) electrons. The van der Waals surface area contributed by atoms with Gasteiger partial charge in [-0.25, -0.2) is 9.37 Å². The van der Waals surface area contributed by atoms with E-state index in [1.54, 1.807) is 7.11 Å². The topological polar surface area (TPSA) is 39.1 Å². The smallest absolute Gasteiger partial charge is 0.123 e. The van der Waals surface area contributed by atoms with Crippen molar-refractivity contribution in [1.82, 2.24) is 14.9 Å². The first kappa shape index (κ1) is 16.1. The molecule has 0 spiro atoms. The van der Waals surface area contributed by atoms with Crippen LogP contribution in [-0.4, -0.2) is 29.8 Å². The highest BCUT2D eigenvalue weighted by atomic mass is 19.1. The fourth-order valence-electron chi connectivity index (χ4n) is 3.46. The zero-order valence-corrected chi connectivity index (χ0v) is 13.7. The highest BCUT2D eigenvalue weighted by molar-refractivity contribution is 5.22. The van der Waals surface area contributed by atoms with Gasteiger partial charge < -0.3 is 14.6 Å². The Morgan fingerprint density at radius 2 is 1.96 bits per heavy atom. The Balaban J connectivity index is 1.86. The maximum Gasteiger partial charge on any atom is 0.123 e. The summed E-state index contributed by atoms with van der Waals surface area (Å²) in [7, 11) is 1.77. The largest absolute Gasteiger partial charge is 0.375 e. The third-order valence-corrected chi connectivity index (χ3v) is 4.82. The van der Waals surface area contributed by atoms with Crippen LogP contribution in [0.15, 0.2) is 36.8 Å². The summed E-state index contributed by atoms with van der Waals surface area (Å²) in [4.78, 5) is 4.34. The van der Waals surface area contributed by atoms with E-state index in [2.05, 4.69) is 21.8 Å². The van der Waals surface area contributed by atoms with E-state index in [9.17, 15) is 4.39 Å². The predicted molar refractivity (Wildman–Crippen MR) is 87.8 cm³/mol. The number of imidazole rings is 1. The number of benzene rings is 1. The van der Waals surface area contributed by atoms with Gasteiger partial charge in [-0.2, -0.15) is 0 Å². The first-order valence-electron chi connectivity index (χ1n) is 8.21. The second-order valence-electron chi connectivity index (χ2n) is 6.20. The summed E-state index contributed by atoms with van der Waals surface area (Å²) in [5.74, 6) is 0.286. The van der Waals surface area contributed by atoms with E-state index < -0.39 is 0 Å². The molecule has 1 aliphatic rings. The summed E-state index contributed by atoms with van der Waals surface area (Å²) in [5, 5.41) is 3.39. The van der Waals surface area contributed by atoms with Crippen molar-refractivity contribution in [2.24, 2.45) is 5.92 Å². The number of rotatable bonds is 5. The molecule has 1 aromatic carbocycles. The minimum absolute atomic E-state index is 0.0440. The van der Waals surface area contributed by atoms with E-state index >= 15 is 0 Å². The molecule has 1 saturated heterocycles. The highest BCUT2D eigenvalue weighted by Crippen LogP contribution is 2.33. The molecule has 1 fully saturated rings. The molecule has 4 nitrogen and oxygen atoms in total. The van der Waals surface area contributed by atoms with Crippen LogP contribution in [-0.2, 0) is 4.74 Å². The molecule has 2 heterocycles. The average molecular weight is 317 g/mol. The molecule has 1 aromatic heterocycles. The average Bonchev–Trinajstić information content (AvgIpc) is 3.06. The number of methoxy groups -OCH3 is 1. The van der Waals surface area contributed by atoms with Crippen LogP contribution >= 0.6 is 0 Å². The number of hydrogen-bond donors (Lipinski definition) is 1. The van der Waals surface area contributed by atoms with Gasteiger partial charge >= 0.3 is 0 Å². The van der Waals surface area contributed by atoms with Crippen molar-refractivity contribution < 1.29 is 9.13 Å². The minimum atomic E-state index is -0.212. The molecule has 3 rings (SSSR count). The number of aromatic nitrogens is 2. The minimum Gasteiger partial charge on any atom is -0.375 e. The lowest BCUT2D eigenvalue weighted by molar-refractivity contribution is 0.0320. The molecule has 23 heavy (non-hydrogen) atoms. The standard InChI is InChI=1S/C18H24FN3O/c1-13(14-3-5-16(19)6-4-14)22-12-21-11-17(22)18(23-2)15-7-9-20-10-8-15/h3-6,11-13,15,18,20H,7-10H2,1-2H3/t13-,18?/m1/s1. The lowest BCUT2D eigenvalue weighted by Crippen LogP contribution is -2.32. The molecule has 1 N–H and O–H groups in total. The number of hydrogen-bond acceptors (Lipinski definition) is 3. The zero-order chi connectivity index (χ0) is 16.2. The van der Waals surface area contributed by atoms with Crippen molar-refractivity contribution in [3.63, 3.8) is 0 Å². The molecule has 5 heteroatoms. The van der Waals surface area contributed by atoms with E-state index in [-0.39, 0.29) is 18.0 Å². The normalized spacial score (nSPS) is 18.7. The second-order valence-corrected chi connectivity index (χ2v) is 6.20. The number of halogens is 1. The van der Waals surface area contributed by atoms with Crippen molar-refractivity contribution in [3.05, 3.63) is 53.9 Å². The van der Waals surface area contributed by atoms with Crippen LogP contribution in [0.1, 0.15) is 43.2 Å². The van der Waals surface area contributed by atoms with Gasteiger partial charge in [0.2, 0.25) is 0 Å². The second kappa shape index (κ2) is 7.23. The Hall–Kier alpha value is -1.72. The summed E-state index contributed by atoms with van der Waals surface area (Å²) in [6.45, 7) is 4.17. The summed E-state index contributed by atoms with van der Waals surface area (Å²) in [5.41, 5.74) is 2.15. The SMILES string of the molecule is COC(c1cncn1[C@H](C)c1ccc(F)cc1)C1CCNCC1. The maximum atomic E-state index is 13.2. The first-order chi connectivity index (χ1) is 11.2. The van der Waals surface area contributed by atoms with Crippen LogP contribution in [0.25, 0.3) is 0 Å². The summed E-state index contributed by atoms with van der Waals surface area (Å²) in [6.07, 6.45) is 6.00. The van der Waals surface area contributed by atoms with E-state index in [4.69, 9.17) is 4.74 Å². The Morgan fingerprint density at radius 1 is 1.26 bits per heavy atom. The van der Waals surface area contributed by atoms with Crippen LogP contribution in [0.3, 0.4) is 0 Å². The van der Waals surface area contributed by atoms with Crippen molar-refractivity contribution in [2.75, 3.05) is 20.2 Å². The van der Waals surface area contributed by atoms with E-state index in [0.29, 0.717) is 5.92 Å². The fraction of sp³-hybridized carbons (Fsp3) is 0.500. The number of nitrogens with zero attached hydrogens (tertiary/aromatic N) is 2. The molecule has 0 bridgehead atoms. The van der Waals surface area contributed by atoms with E-state index in [0.717, 1.165) is 37.2 Å². The third-order valence-electron chi connectivity index (χ3n) is 4.82. The Kier molecular flexibility index (Phi) is 5.08. The molecule has 0 aliphatic carbocycles. The van der Waals surface area contributed by atoms with Crippen LogP contribution in [0.5, 0.6) is 0 Å². The summed E-state index contributed by atoms with van der Waals surface area (Å²) in [6, 6.07) is 6.76.